The summed E-state index contributed by atoms with van der Waals surface area (Å²) in [4.78, 5) is 25.3. The lowest BCUT2D eigenvalue weighted by Crippen LogP contribution is -2.46. The number of ether oxygens (including phenoxy) is 1. The minimum atomic E-state index is -0.504. The molecule has 112 valence electrons. The molecule has 0 radical (unpaired) electrons. The molecule has 0 aromatic heterocycles. The largest absolute Gasteiger partial charge is 0.444 e. The van der Waals surface area contributed by atoms with Gasteiger partial charge in [0.25, 0.3) is 0 Å². The van der Waals surface area contributed by atoms with Crippen LogP contribution in [0, 0.1) is 11.3 Å². The molecule has 5 heteroatoms. The van der Waals surface area contributed by atoms with Gasteiger partial charge in [-0.1, -0.05) is 0 Å². The van der Waals surface area contributed by atoms with Gasteiger partial charge in [-0.25, -0.2) is 4.79 Å². The smallest absolute Gasteiger partial charge is 0.410 e. The minimum Gasteiger partial charge on any atom is -0.444 e. The summed E-state index contributed by atoms with van der Waals surface area (Å²) in [5.74, 6) is -0.0535. The molecule has 1 amide bonds. The Balaban J connectivity index is 2.56. The van der Waals surface area contributed by atoms with Gasteiger partial charge in [0.2, 0.25) is 0 Å². The van der Waals surface area contributed by atoms with Crippen LogP contribution >= 0.6 is 0 Å². The number of Topliss-reactive ketones (excluding diaryl/α,β-unsaturated/α-hetero) is 1. The molecule has 1 aliphatic heterocycles. The van der Waals surface area contributed by atoms with Crippen LogP contribution in [-0.4, -0.2) is 35.0 Å². The number of rotatable bonds is 4. The van der Waals surface area contributed by atoms with E-state index in [0.717, 1.165) is 19.3 Å². The number of hydrogen-bond acceptors (Lipinski definition) is 4. The van der Waals surface area contributed by atoms with E-state index in [9.17, 15) is 9.59 Å². The second kappa shape index (κ2) is 7.28. The molecule has 0 aromatic rings. The molecule has 1 saturated heterocycles. The molecule has 1 aliphatic rings. The predicted octanol–water partition coefficient (Wildman–Crippen LogP) is 3.04. The molecule has 0 spiro atoms. The van der Waals surface area contributed by atoms with E-state index in [-0.39, 0.29) is 24.3 Å². The van der Waals surface area contributed by atoms with Crippen molar-refractivity contribution in [3.05, 3.63) is 0 Å². The van der Waals surface area contributed by atoms with Crippen molar-refractivity contribution in [2.45, 2.75) is 70.9 Å². The van der Waals surface area contributed by atoms with Gasteiger partial charge in [0.05, 0.1) is 12.5 Å². The van der Waals surface area contributed by atoms with Gasteiger partial charge >= 0.3 is 6.09 Å². The van der Waals surface area contributed by atoms with Crippen LogP contribution < -0.4 is 0 Å². The molecule has 1 atom stereocenters. The fraction of sp³-hybridized carbons (Fsp3) is 0.800. The fourth-order valence-corrected chi connectivity index (χ4v) is 2.37. The molecule has 1 unspecified atom stereocenters. The van der Waals surface area contributed by atoms with E-state index < -0.39 is 5.60 Å². The molecular formula is C15H24N2O3. The number of amides is 1. The van der Waals surface area contributed by atoms with Crippen molar-refractivity contribution in [1.29, 1.82) is 5.26 Å². The van der Waals surface area contributed by atoms with E-state index in [1.807, 2.05) is 26.8 Å². The highest BCUT2D eigenvalue weighted by Crippen LogP contribution is 2.23. The lowest BCUT2D eigenvalue weighted by molar-refractivity contribution is -0.118. The Hall–Kier alpha value is -1.57. The van der Waals surface area contributed by atoms with Crippen LogP contribution in [0.1, 0.15) is 59.3 Å². The van der Waals surface area contributed by atoms with E-state index >= 15 is 0 Å². The highest BCUT2D eigenvalue weighted by molar-refractivity contribution is 5.80. The van der Waals surface area contributed by atoms with Gasteiger partial charge in [0.15, 0.2) is 0 Å². The third-order valence-electron chi connectivity index (χ3n) is 3.29. The maximum absolute atomic E-state index is 12.2. The summed E-state index contributed by atoms with van der Waals surface area (Å²) in [7, 11) is 0. The molecule has 1 rings (SSSR count). The predicted molar refractivity (Wildman–Crippen MR) is 75.1 cm³/mol. The number of hydrogen-bond donors (Lipinski definition) is 0. The Morgan fingerprint density at radius 1 is 1.35 bits per heavy atom. The van der Waals surface area contributed by atoms with Crippen molar-refractivity contribution >= 4 is 11.9 Å². The van der Waals surface area contributed by atoms with E-state index in [2.05, 4.69) is 0 Å². The summed E-state index contributed by atoms with van der Waals surface area (Å²) < 4.78 is 5.41. The lowest BCUT2D eigenvalue weighted by Gasteiger charge is -2.36. The quantitative estimate of drug-likeness (QED) is 0.793. The molecule has 0 aromatic carbocycles. The maximum Gasteiger partial charge on any atom is 0.410 e. The lowest BCUT2D eigenvalue weighted by atomic mass is 9.97. The molecule has 0 N–H and O–H groups in total. The first-order chi connectivity index (χ1) is 9.33. The Morgan fingerprint density at radius 3 is 2.65 bits per heavy atom. The van der Waals surface area contributed by atoms with Crippen LogP contribution in [-0.2, 0) is 9.53 Å². The van der Waals surface area contributed by atoms with Gasteiger partial charge < -0.3 is 9.64 Å². The molecule has 0 saturated carbocycles. The van der Waals surface area contributed by atoms with E-state index in [4.69, 9.17) is 10.00 Å². The fourth-order valence-electron chi connectivity index (χ4n) is 2.37. The summed E-state index contributed by atoms with van der Waals surface area (Å²) in [6, 6.07) is 1.92. The normalized spacial score (nSPS) is 19.3. The summed E-state index contributed by atoms with van der Waals surface area (Å²) in [6.45, 7) is 6.23. The van der Waals surface area contributed by atoms with Crippen LogP contribution in [0.25, 0.3) is 0 Å². The number of carbonyl (C=O) groups is 2. The average molecular weight is 280 g/mol. The summed E-state index contributed by atoms with van der Waals surface area (Å²) in [5.41, 5.74) is -0.504. The van der Waals surface area contributed by atoms with Gasteiger partial charge in [0, 0.05) is 19.0 Å². The Kier molecular flexibility index (Phi) is 6.00. The number of carbonyl (C=O) groups excluding carboxylic acids is 2. The highest BCUT2D eigenvalue weighted by atomic mass is 16.6. The number of nitriles is 1. The van der Waals surface area contributed by atoms with Crippen molar-refractivity contribution in [2.75, 3.05) is 6.54 Å². The first-order valence-electron chi connectivity index (χ1n) is 7.22. The van der Waals surface area contributed by atoms with Crippen molar-refractivity contribution in [1.82, 2.24) is 4.90 Å². The molecule has 0 aliphatic carbocycles. The number of ketones is 1. The van der Waals surface area contributed by atoms with Crippen LogP contribution in [0.15, 0.2) is 0 Å². The summed E-state index contributed by atoms with van der Waals surface area (Å²) in [6.07, 6.45) is 3.59. The SMILES string of the molecule is CC(C)(C)OC(=O)N1CCCCC1CCC(=O)CC#N. The summed E-state index contributed by atoms with van der Waals surface area (Å²) in [5, 5.41) is 8.49. The second-order valence-corrected chi connectivity index (χ2v) is 6.24. The third-order valence-corrected chi connectivity index (χ3v) is 3.29. The topological polar surface area (TPSA) is 70.4 Å². The molecule has 1 heterocycles. The zero-order valence-electron chi connectivity index (χ0n) is 12.6. The Bertz CT molecular complexity index is 393. The van der Waals surface area contributed by atoms with Crippen molar-refractivity contribution in [3.63, 3.8) is 0 Å². The van der Waals surface area contributed by atoms with E-state index in [0.29, 0.717) is 19.4 Å². The Morgan fingerprint density at radius 2 is 2.05 bits per heavy atom. The zero-order chi connectivity index (χ0) is 15.2. The first-order valence-corrected chi connectivity index (χ1v) is 7.22. The molecule has 20 heavy (non-hydrogen) atoms. The second-order valence-electron chi connectivity index (χ2n) is 6.24. The van der Waals surface area contributed by atoms with Crippen LogP contribution in [0.3, 0.4) is 0 Å². The monoisotopic (exact) mass is 280 g/mol. The minimum absolute atomic E-state index is 0.0425. The van der Waals surface area contributed by atoms with E-state index in [1.54, 1.807) is 4.90 Å². The average Bonchev–Trinajstić information content (AvgIpc) is 2.35. The van der Waals surface area contributed by atoms with Crippen molar-refractivity contribution in [3.8, 4) is 6.07 Å². The van der Waals surface area contributed by atoms with Crippen LogP contribution in [0.5, 0.6) is 0 Å². The molecular weight excluding hydrogens is 256 g/mol. The third kappa shape index (κ3) is 5.60. The first kappa shape index (κ1) is 16.5. The maximum atomic E-state index is 12.2. The molecule has 1 fully saturated rings. The van der Waals surface area contributed by atoms with Crippen LogP contribution in [0.4, 0.5) is 4.79 Å². The van der Waals surface area contributed by atoms with Crippen molar-refractivity contribution in [2.24, 2.45) is 0 Å². The molecule has 0 bridgehead atoms. The highest BCUT2D eigenvalue weighted by Gasteiger charge is 2.30. The van der Waals surface area contributed by atoms with Gasteiger partial charge in [-0.15, -0.1) is 0 Å². The Labute approximate surface area is 120 Å². The number of likely N-dealkylation sites (tertiary alicyclic amines) is 1. The van der Waals surface area contributed by atoms with Gasteiger partial charge in [-0.05, 0) is 46.5 Å². The van der Waals surface area contributed by atoms with Gasteiger partial charge in [-0.3, -0.25) is 4.79 Å². The standard InChI is InChI=1S/C15H24N2O3/c1-15(2,3)20-14(19)17-11-5-4-6-12(17)7-8-13(18)9-10-16/h12H,4-9,11H2,1-3H3. The molecule has 5 nitrogen and oxygen atoms in total. The zero-order valence-corrected chi connectivity index (χ0v) is 12.6. The van der Waals surface area contributed by atoms with Crippen LogP contribution in [0.2, 0.25) is 0 Å². The number of nitrogens with zero attached hydrogens (tertiary/aromatic N) is 2. The van der Waals surface area contributed by atoms with Gasteiger partial charge in [-0.2, -0.15) is 5.26 Å². The number of piperidine rings is 1. The summed E-state index contributed by atoms with van der Waals surface area (Å²) >= 11 is 0. The van der Waals surface area contributed by atoms with Gasteiger partial charge in [0.1, 0.15) is 11.4 Å². The van der Waals surface area contributed by atoms with E-state index in [1.165, 1.54) is 0 Å². The van der Waals surface area contributed by atoms with Crippen molar-refractivity contribution < 1.29 is 14.3 Å².